The predicted octanol–water partition coefficient (Wildman–Crippen LogP) is 2.15. The van der Waals surface area contributed by atoms with Crippen LogP contribution in [0.1, 0.15) is 30.6 Å². The minimum atomic E-state index is 0.157. The average Bonchev–Trinajstić information content (AvgIpc) is 2.38. The third kappa shape index (κ3) is 3.10. The van der Waals surface area contributed by atoms with E-state index in [9.17, 15) is 4.79 Å². The fourth-order valence-corrected chi connectivity index (χ4v) is 2.72. The molecule has 1 heterocycles. The van der Waals surface area contributed by atoms with E-state index in [2.05, 4.69) is 19.2 Å². The van der Waals surface area contributed by atoms with Crippen LogP contribution in [-0.2, 0) is 0 Å². The van der Waals surface area contributed by atoms with Crippen LogP contribution < -0.4 is 5.32 Å². The largest absolute Gasteiger partial charge is 0.337 e. The highest BCUT2D eigenvalue weighted by atomic mass is 16.2. The van der Waals surface area contributed by atoms with Gasteiger partial charge in [-0.1, -0.05) is 32.0 Å². The van der Waals surface area contributed by atoms with Crippen molar-refractivity contribution >= 4 is 5.91 Å². The zero-order valence-electron chi connectivity index (χ0n) is 11.2. The van der Waals surface area contributed by atoms with Gasteiger partial charge in [-0.2, -0.15) is 0 Å². The van der Waals surface area contributed by atoms with E-state index in [1.807, 2.05) is 35.2 Å². The van der Waals surface area contributed by atoms with Crippen molar-refractivity contribution in [2.45, 2.75) is 26.3 Å². The summed E-state index contributed by atoms with van der Waals surface area (Å²) in [6.07, 6.45) is 1.16. The van der Waals surface area contributed by atoms with Gasteiger partial charge in [0.05, 0.1) is 0 Å². The quantitative estimate of drug-likeness (QED) is 0.886. The molecular formula is C15H22N2O. The number of likely N-dealkylation sites (tertiary alicyclic amines) is 1. The van der Waals surface area contributed by atoms with Gasteiger partial charge in [0.1, 0.15) is 0 Å². The molecule has 1 aromatic rings. The van der Waals surface area contributed by atoms with Crippen molar-refractivity contribution < 1.29 is 4.79 Å². The molecule has 1 fully saturated rings. The molecule has 1 saturated heterocycles. The Bertz CT molecular complexity index is 391. The number of nitrogens with one attached hydrogen (secondary N) is 1. The molecule has 0 bridgehead atoms. The van der Waals surface area contributed by atoms with E-state index >= 15 is 0 Å². The summed E-state index contributed by atoms with van der Waals surface area (Å²) < 4.78 is 0. The minimum Gasteiger partial charge on any atom is -0.337 e. The molecule has 0 radical (unpaired) electrons. The number of hydrogen-bond acceptors (Lipinski definition) is 2. The predicted molar refractivity (Wildman–Crippen MR) is 73.6 cm³/mol. The fourth-order valence-electron chi connectivity index (χ4n) is 2.72. The molecule has 1 N–H and O–H groups in total. The van der Waals surface area contributed by atoms with Crippen molar-refractivity contribution in [2.75, 3.05) is 19.6 Å². The van der Waals surface area contributed by atoms with Crippen LogP contribution >= 0.6 is 0 Å². The van der Waals surface area contributed by atoms with Crippen LogP contribution in [0.15, 0.2) is 30.3 Å². The third-order valence-electron chi connectivity index (χ3n) is 3.46. The molecule has 1 aliphatic heterocycles. The molecular weight excluding hydrogens is 224 g/mol. The Kier molecular flexibility index (Phi) is 4.37. The average molecular weight is 246 g/mol. The Hall–Kier alpha value is -1.35. The summed E-state index contributed by atoms with van der Waals surface area (Å²) in [7, 11) is 0. The number of nitrogens with zero attached hydrogens (tertiary/aromatic N) is 1. The lowest BCUT2D eigenvalue weighted by molar-refractivity contribution is 0.0642. The van der Waals surface area contributed by atoms with Crippen LogP contribution in [0.2, 0.25) is 0 Å². The van der Waals surface area contributed by atoms with E-state index in [1.165, 1.54) is 0 Å². The molecule has 0 aromatic heterocycles. The highest BCUT2D eigenvalue weighted by molar-refractivity contribution is 5.94. The molecule has 2 atom stereocenters. The monoisotopic (exact) mass is 246 g/mol. The second-order valence-corrected chi connectivity index (χ2v) is 5.17. The van der Waals surface area contributed by atoms with Crippen LogP contribution in [0.25, 0.3) is 0 Å². The normalized spacial score (nSPS) is 24.0. The SMILES string of the molecule is CCNC1CC(C)CN(C(=O)c2ccccc2)C1. The lowest BCUT2D eigenvalue weighted by atomic mass is 9.95. The Balaban J connectivity index is 2.05. The number of carbonyl (C=O) groups is 1. The first-order chi connectivity index (χ1) is 8.70. The van der Waals surface area contributed by atoms with E-state index < -0.39 is 0 Å². The highest BCUT2D eigenvalue weighted by Crippen LogP contribution is 2.18. The molecule has 0 spiro atoms. The van der Waals surface area contributed by atoms with Gasteiger partial charge < -0.3 is 10.2 Å². The molecule has 18 heavy (non-hydrogen) atoms. The van der Waals surface area contributed by atoms with Crippen LogP contribution in [-0.4, -0.2) is 36.5 Å². The van der Waals surface area contributed by atoms with Crippen LogP contribution in [0, 0.1) is 5.92 Å². The minimum absolute atomic E-state index is 0.157. The molecule has 3 nitrogen and oxygen atoms in total. The van der Waals surface area contributed by atoms with Gasteiger partial charge in [0.25, 0.3) is 5.91 Å². The first-order valence-corrected chi connectivity index (χ1v) is 6.78. The van der Waals surface area contributed by atoms with Gasteiger partial charge in [0.15, 0.2) is 0 Å². The highest BCUT2D eigenvalue weighted by Gasteiger charge is 2.27. The van der Waals surface area contributed by atoms with Crippen molar-refractivity contribution in [3.05, 3.63) is 35.9 Å². The molecule has 0 aliphatic carbocycles. The topological polar surface area (TPSA) is 32.3 Å². The second-order valence-electron chi connectivity index (χ2n) is 5.17. The number of benzene rings is 1. The maximum Gasteiger partial charge on any atom is 0.253 e. The van der Waals surface area contributed by atoms with Crippen molar-refractivity contribution in [2.24, 2.45) is 5.92 Å². The maximum atomic E-state index is 12.4. The van der Waals surface area contributed by atoms with Crippen molar-refractivity contribution in [1.29, 1.82) is 0 Å². The van der Waals surface area contributed by atoms with E-state index in [0.29, 0.717) is 12.0 Å². The van der Waals surface area contributed by atoms with E-state index in [1.54, 1.807) is 0 Å². The number of carbonyl (C=O) groups excluding carboxylic acids is 1. The van der Waals surface area contributed by atoms with Gasteiger partial charge in [0, 0.05) is 24.7 Å². The number of rotatable bonds is 3. The Morgan fingerprint density at radius 1 is 1.33 bits per heavy atom. The van der Waals surface area contributed by atoms with Crippen molar-refractivity contribution in [3.8, 4) is 0 Å². The van der Waals surface area contributed by atoms with Gasteiger partial charge >= 0.3 is 0 Å². The summed E-state index contributed by atoms with van der Waals surface area (Å²) in [5, 5.41) is 3.46. The smallest absolute Gasteiger partial charge is 0.253 e. The molecule has 1 aromatic carbocycles. The second kappa shape index (κ2) is 6.01. The molecule has 1 amide bonds. The molecule has 98 valence electrons. The molecule has 2 unspecified atom stereocenters. The summed E-state index contributed by atoms with van der Waals surface area (Å²) in [5.74, 6) is 0.723. The van der Waals surface area contributed by atoms with E-state index in [-0.39, 0.29) is 5.91 Å². The number of amides is 1. The fraction of sp³-hybridized carbons (Fsp3) is 0.533. The van der Waals surface area contributed by atoms with Gasteiger partial charge in [-0.15, -0.1) is 0 Å². The number of piperidine rings is 1. The van der Waals surface area contributed by atoms with Crippen LogP contribution in [0.5, 0.6) is 0 Å². The summed E-state index contributed by atoms with van der Waals surface area (Å²) in [4.78, 5) is 14.4. The Morgan fingerprint density at radius 3 is 2.72 bits per heavy atom. The summed E-state index contributed by atoms with van der Waals surface area (Å²) >= 11 is 0. The molecule has 0 saturated carbocycles. The van der Waals surface area contributed by atoms with E-state index in [4.69, 9.17) is 0 Å². The first-order valence-electron chi connectivity index (χ1n) is 6.78. The van der Waals surface area contributed by atoms with Gasteiger partial charge in [-0.05, 0) is 31.0 Å². The zero-order chi connectivity index (χ0) is 13.0. The van der Waals surface area contributed by atoms with Gasteiger partial charge in [-0.3, -0.25) is 4.79 Å². The molecule has 2 rings (SSSR count). The van der Waals surface area contributed by atoms with E-state index in [0.717, 1.165) is 31.6 Å². The first kappa shape index (κ1) is 13.1. The summed E-state index contributed by atoms with van der Waals surface area (Å²) in [6, 6.07) is 10.0. The third-order valence-corrected chi connectivity index (χ3v) is 3.46. The van der Waals surface area contributed by atoms with Crippen molar-refractivity contribution in [1.82, 2.24) is 10.2 Å². The van der Waals surface area contributed by atoms with Crippen LogP contribution in [0.3, 0.4) is 0 Å². The van der Waals surface area contributed by atoms with Gasteiger partial charge in [0.2, 0.25) is 0 Å². The van der Waals surface area contributed by atoms with Crippen molar-refractivity contribution in [3.63, 3.8) is 0 Å². The molecule has 1 aliphatic rings. The Labute approximate surface area is 109 Å². The lowest BCUT2D eigenvalue weighted by Gasteiger charge is -2.37. The summed E-state index contributed by atoms with van der Waals surface area (Å²) in [5.41, 5.74) is 0.793. The van der Waals surface area contributed by atoms with Crippen LogP contribution in [0.4, 0.5) is 0 Å². The zero-order valence-corrected chi connectivity index (χ0v) is 11.2. The summed E-state index contributed by atoms with van der Waals surface area (Å²) in [6.45, 7) is 6.99. The molecule has 3 heteroatoms. The van der Waals surface area contributed by atoms with Gasteiger partial charge in [-0.25, -0.2) is 0 Å². The lowest BCUT2D eigenvalue weighted by Crippen LogP contribution is -2.50. The number of likely N-dealkylation sites (N-methyl/N-ethyl adjacent to an activating group) is 1. The Morgan fingerprint density at radius 2 is 2.06 bits per heavy atom. The number of hydrogen-bond donors (Lipinski definition) is 1. The maximum absolute atomic E-state index is 12.4. The standard InChI is InChI=1S/C15H22N2O/c1-3-16-14-9-12(2)10-17(11-14)15(18)13-7-5-4-6-8-13/h4-8,12,14,16H,3,9-11H2,1-2H3.